The van der Waals surface area contributed by atoms with Gasteiger partial charge in [0.25, 0.3) is 0 Å². The van der Waals surface area contributed by atoms with Gasteiger partial charge in [0.05, 0.1) is 0 Å². The zero-order chi connectivity index (χ0) is 25.0. The average molecular weight is 470 g/mol. The van der Waals surface area contributed by atoms with Crippen molar-refractivity contribution in [3.8, 4) is 0 Å². The summed E-state index contributed by atoms with van der Waals surface area (Å²) in [5, 5.41) is 11.7. The number of aliphatic carboxylic acids is 1. The van der Waals surface area contributed by atoms with Gasteiger partial charge in [0.2, 0.25) is 0 Å². The van der Waals surface area contributed by atoms with E-state index in [2.05, 4.69) is 33.0 Å². The lowest BCUT2D eigenvalue weighted by molar-refractivity contribution is -0.137. The number of hydrogen-bond acceptors (Lipinski definition) is 2. The molecular formula is C30H63NO2. The van der Waals surface area contributed by atoms with Gasteiger partial charge in [-0.25, -0.2) is 0 Å². The Balaban J connectivity index is 0. The molecule has 0 fully saturated rings. The van der Waals surface area contributed by atoms with Crippen LogP contribution in [0.4, 0.5) is 0 Å². The fourth-order valence-corrected chi connectivity index (χ4v) is 4.39. The van der Waals surface area contributed by atoms with Crippen LogP contribution in [0.1, 0.15) is 176 Å². The van der Waals surface area contributed by atoms with Crippen LogP contribution < -0.4 is 5.32 Å². The molecule has 0 aliphatic carbocycles. The minimum atomic E-state index is -0.711. The molecule has 0 heterocycles. The Bertz CT molecular complexity index is 346. The summed E-state index contributed by atoms with van der Waals surface area (Å²) in [4.78, 5) is 9.60. The van der Waals surface area contributed by atoms with Crippen LogP contribution in [-0.4, -0.2) is 23.2 Å². The van der Waals surface area contributed by atoms with Crippen molar-refractivity contribution in [1.29, 1.82) is 0 Å². The first-order valence-electron chi connectivity index (χ1n) is 15.0. The maximum atomic E-state index is 9.60. The van der Waals surface area contributed by atoms with Gasteiger partial charge >= 0.3 is 5.97 Å². The second-order valence-electron chi connectivity index (χ2n) is 10.3. The van der Waals surface area contributed by atoms with E-state index in [-0.39, 0.29) is 0 Å². The Morgan fingerprint density at radius 1 is 0.545 bits per heavy atom. The van der Waals surface area contributed by atoms with Crippen LogP contribution in [0.2, 0.25) is 0 Å². The number of rotatable bonds is 24. The largest absolute Gasteiger partial charge is 0.481 e. The maximum Gasteiger partial charge on any atom is 0.303 e. The molecule has 0 aromatic heterocycles. The number of nitrogens with one attached hydrogen (secondary N) is 1. The van der Waals surface area contributed by atoms with Crippen LogP contribution in [0.3, 0.4) is 0 Å². The summed E-state index contributed by atoms with van der Waals surface area (Å²) in [6.45, 7) is 11.2. The summed E-state index contributed by atoms with van der Waals surface area (Å²) < 4.78 is 0. The summed E-state index contributed by atoms with van der Waals surface area (Å²) in [5.74, 6) is -0.711. The SMILES string of the molecule is CCCC(=O)O.CCCCCCCCCCCC(C)NC(C)CCCCCCCCCCC. The van der Waals surface area contributed by atoms with Gasteiger partial charge in [0.15, 0.2) is 0 Å². The zero-order valence-corrected chi connectivity index (χ0v) is 23.6. The summed E-state index contributed by atoms with van der Waals surface area (Å²) in [6, 6.07) is 1.39. The monoisotopic (exact) mass is 469 g/mol. The standard InChI is InChI=1S/C26H55N.C4H8O2/c1-5-7-9-11-13-15-17-19-21-23-25(3)27-26(4)24-22-20-18-16-14-12-10-8-6-2;1-2-3-4(5)6/h25-27H,5-24H2,1-4H3;2-3H2,1H3,(H,5,6). The van der Waals surface area contributed by atoms with Crippen molar-refractivity contribution >= 4 is 5.97 Å². The van der Waals surface area contributed by atoms with Crippen molar-refractivity contribution in [3.63, 3.8) is 0 Å². The van der Waals surface area contributed by atoms with Crippen molar-refractivity contribution in [2.45, 2.75) is 188 Å². The first-order valence-corrected chi connectivity index (χ1v) is 15.0. The molecule has 2 N–H and O–H groups in total. The van der Waals surface area contributed by atoms with E-state index in [0.717, 1.165) is 6.42 Å². The Labute approximate surface area is 209 Å². The molecule has 3 nitrogen and oxygen atoms in total. The van der Waals surface area contributed by atoms with Crippen molar-refractivity contribution in [3.05, 3.63) is 0 Å². The fourth-order valence-electron chi connectivity index (χ4n) is 4.39. The van der Waals surface area contributed by atoms with Crippen LogP contribution in [0.5, 0.6) is 0 Å². The fraction of sp³-hybridized carbons (Fsp3) is 0.967. The normalized spacial score (nSPS) is 12.8. The molecule has 0 saturated carbocycles. The quantitative estimate of drug-likeness (QED) is 0.138. The van der Waals surface area contributed by atoms with Gasteiger partial charge in [-0.3, -0.25) is 4.79 Å². The van der Waals surface area contributed by atoms with E-state index in [1.54, 1.807) is 0 Å². The third-order valence-electron chi connectivity index (χ3n) is 6.51. The van der Waals surface area contributed by atoms with Crippen molar-refractivity contribution < 1.29 is 9.90 Å². The number of carboxylic acid groups (broad SMARTS) is 1. The minimum absolute atomic E-state index is 0.292. The molecule has 2 unspecified atom stereocenters. The smallest absolute Gasteiger partial charge is 0.303 e. The van der Waals surface area contributed by atoms with Crippen molar-refractivity contribution in [1.82, 2.24) is 5.32 Å². The molecule has 0 aromatic rings. The summed E-state index contributed by atoms with van der Waals surface area (Å²) in [6.07, 6.45) is 29.6. The highest BCUT2D eigenvalue weighted by Crippen LogP contribution is 2.13. The molecule has 0 aromatic carbocycles. The van der Waals surface area contributed by atoms with E-state index in [1.165, 1.54) is 128 Å². The van der Waals surface area contributed by atoms with E-state index in [1.807, 2.05) is 6.92 Å². The first-order chi connectivity index (χ1) is 16.0. The topological polar surface area (TPSA) is 49.3 Å². The molecule has 2 atom stereocenters. The molecule has 0 radical (unpaired) electrons. The third-order valence-corrected chi connectivity index (χ3v) is 6.51. The Kier molecular flexibility index (Phi) is 30.9. The number of carboxylic acids is 1. The third kappa shape index (κ3) is 33.7. The molecular weight excluding hydrogens is 406 g/mol. The predicted octanol–water partition coefficient (Wildman–Crippen LogP) is 10.1. The second-order valence-corrected chi connectivity index (χ2v) is 10.3. The zero-order valence-electron chi connectivity index (χ0n) is 23.6. The van der Waals surface area contributed by atoms with E-state index in [4.69, 9.17) is 5.11 Å². The highest BCUT2D eigenvalue weighted by Gasteiger charge is 2.07. The Morgan fingerprint density at radius 3 is 1.09 bits per heavy atom. The summed E-state index contributed by atoms with van der Waals surface area (Å²) in [5.41, 5.74) is 0. The maximum absolute atomic E-state index is 9.60. The van der Waals surface area contributed by atoms with Crippen LogP contribution in [0.25, 0.3) is 0 Å². The van der Waals surface area contributed by atoms with Gasteiger partial charge in [-0.2, -0.15) is 0 Å². The van der Waals surface area contributed by atoms with Gasteiger partial charge in [0, 0.05) is 18.5 Å². The molecule has 0 aliphatic rings. The van der Waals surface area contributed by atoms with Gasteiger partial charge < -0.3 is 10.4 Å². The van der Waals surface area contributed by atoms with Crippen molar-refractivity contribution in [2.75, 3.05) is 0 Å². The molecule has 200 valence electrons. The summed E-state index contributed by atoms with van der Waals surface area (Å²) >= 11 is 0. The van der Waals surface area contributed by atoms with Gasteiger partial charge in [0.1, 0.15) is 0 Å². The van der Waals surface area contributed by atoms with E-state index in [0.29, 0.717) is 18.5 Å². The lowest BCUT2D eigenvalue weighted by Gasteiger charge is -2.20. The molecule has 33 heavy (non-hydrogen) atoms. The van der Waals surface area contributed by atoms with E-state index in [9.17, 15) is 4.79 Å². The van der Waals surface area contributed by atoms with Crippen LogP contribution in [0, 0.1) is 0 Å². The first kappa shape index (κ1) is 34.6. The van der Waals surface area contributed by atoms with Gasteiger partial charge in [-0.05, 0) is 33.1 Å². The average Bonchev–Trinajstić information content (AvgIpc) is 2.77. The number of carbonyl (C=O) groups is 1. The van der Waals surface area contributed by atoms with Gasteiger partial charge in [-0.15, -0.1) is 0 Å². The van der Waals surface area contributed by atoms with Crippen LogP contribution in [0.15, 0.2) is 0 Å². The molecule has 0 aliphatic heterocycles. The van der Waals surface area contributed by atoms with Crippen molar-refractivity contribution in [2.24, 2.45) is 0 Å². The molecule has 0 saturated heterocycles. The Hall–Kier alpha value is -0.570. The predicted molar refractivity (Wildman–Crippen MR) is 148 cm³/mol. The molecule has 0 bridgehead atoms. The number of hydrogen-bond donors (Lipinski definition) is 2. The highest BCUT2D eigenvalue weighted by atomic mass is 16.4. The van der Waals surface area contributed by atoms with Gasteiger partial charge in [-0.1, -0.05) is 136 Å². The lowest BCUT2D eigenvalue weighted by Crippen LogP contribution is -2.34. The molecule has 3 heteroatoms. The number of unbranched alkanes of at least 4 members (excludes halogenated alkanes) is 16. The van der Waals surface area contributed by atoms with Crippen LogP contribution in [-0.2, 0) is 4.79 Å². The van der Waals surface area contributed by atoms with Crippen LogP contribution >= 0.6 is 0 Å². The molecule has 0 amide bonds. The molecule has 0 rings (SSSR count). The van der Waals surface area contributed by atoms with E-state index < -0.39 is 5.97 Å². The summed E-state index contributed by atoms with van der Waals surface area (Å²) in [7, 11) is 0. The Morgan fingerprint density at radius 2 is 0.848 bits per heavy atom. The minimum Gasteiger partial charge on any atom is -0.481 e. The lowest BCUT2D eigenvalue weighted by atomic mass is 10.0. The highest BCUT2D eigenvalue weighted by molar-refractivity contribution is 5.66. The van der Waals surface area contributed by atoms with E-state index >= 15 is 0 Å². The molecule has 0 spiro atoms. The second kappa shape index (κ2) is 29.5.